The van der Waals surface area contributed by atoms with Crippen molar-refractivity contribution >= 4 is 17.7 Å². The molecule has 0 spiro atoms. The number of nitrogens with one attached hydrogen (secondary N) is 1. The number of carboxylic acid groups (broad SMARTS) is 1. The van der Waals surface area contributed by atoms with Gasteiger partial charge in [-0.05, 0) is 45.7 Å². The number of carbonyl (C=O) groups excluding carboxylic acids is 1. The van der Waals surface area contributed by atoms with E-state index in [4.69, 9.17) is 15.6 Å². The zero-order valence-electron chi connectivity index (χ0n) is 13.5. The van der Waals surface area contributed by atoms with Crippen LogP contribution in [0.4, 0.5) is 10.5 Å². The van der Waals surface area contributed by atoms with Crippen LogP contribution in [0.3, 0.4) is 0 Å². The summed E-state index contributed by atoms with van der Waals surface area (Å²) in [6.07, 6.45) is -0.504. The van der Waals surface area contributed by atoms with E-state index in [2.05, 4.69) is 5.32 Å². The number of aliphatic carboxylic acids is 1. The minimum atomic E-state index is -0.993. The van der Waals surface area contributed by atoms with Gasteiger partial charge in [0.25, 0.3) is 0 Å². The van der Waals surface area contributed by atoms with Crippen LogP contribution in [-0.2, 0) is 16.0 Å². The highest BCUT2D eigenvalue weighted by Crippen LogP contribution is 2.17. The molecule has 0 aliphatic rings. The third kappa shape index (κ3) is 6.47. The van der Waals surface area contributed by atoms with Crippen LogP contribution < -0.4 is 11.1 Å². The first-order valence-electron chi connectivity index (χ1n) is 7.13. The Balaban J connectivity index is 2.82. The van der Waals surface area contributed by atoms with E-state index in [-0.39, 0.29) is 6.42 Å². The first-order valence-corrected chi connectivity index (χ1v) is 7.13. The molecule has 4 N–H and O–H groups in total. The quantitative estimate of drug-likeness (QED) is 0.725. The number of anilines is 1. The van der Waals surface area contributed by atoms with E-state index in [1.165, 1.54) is 0 Å². The Hall–Kier alpha value is -2.24. The van der Waals surface area contributed by atoms with Gasteiger partial charge in [0.1, 0.15) is 5.60 Å². The summed E-state index contributed by atoms with van der Waals surface area (Å²) < 4.78 is 5.17. The van der Waals surface area contributed by atoms with Gasteiger partial charge in [-0.1, -0.05) is 17.7 Å². The molecule has 0 saturated heterocycles. The maximum absolute atomic E-state index is 11.8. The van der Waals surface area contributed by atoms with Gasteiger partial charge < -0.3 is 20.9 Å². The van der Waals surface area contributed by atoms with Gasteiger partial charge in [-0.25, -0.2) is 4.79 Å². The molecule has 0 aromatic heterocycles. The summed E-state index contributed by atoms with van der Waals surface area (Å²) in [6.45, 7) is 7.17. The van der Waals surface area contributed by atoms with E-state index in [0.29, 0.717) is 12.1 Å². The van der Waals surface area contributed by atoms with Crippen molar-refractivity contribution in [1.29, 1.82) is 0 Å². The van der Waals surface area contributed by atoms with E-state index >= 15 is 0 Å². The van der Waals surface area contributed by atoms with Crippen molar-refractivity contribution < 1.29 is 19.4 Å². The molecule has 1 amide bonds. The lowest BCUT2D eigenvalue weighted by atomic mass is 10.00. The molecule has 22 heavy (non-hydrogen) atoms. The molecule has 0 fully saturated rings. The molecule has 6 heteroatoms. The molecule has 6 nitrogen and oxygen atoms in total. The maximum atomic E-state index is 11.8. The second-order valence-electron chi connectivity index (χ2n) is 6.35. The third-order valence-corrected chi connectivity index (χ3v) is 2.91. The summed E-state index contributed by atoms with van der Waals surface area (Å²) in [5, 5.41) is 11.6. The van der Waals surface area contributed by atoms with E-state index in [0.717, 1.165) is 11.1 Å². The Morgan fingerprint density at radius 2 is 2.00 bits per heavy atom. The minimum absolute atomic E-state index is 0.202. The number of nitrogens with two attached hydrogens (primary N) is 1. The number of carboxylic acids is 1. The average Bonchev–Trinajstić information content (AvgIpc) is 2.30. The number of ether oxygens (including phenoxy) is 1. The molecule has 1 aromatic rings. The molecule has 0 aliphatic carbocycles. The summed E-state index contributed by atoms with van der Waals surface area (Å²) in [5.74, 6) is -0.993. The van der Waals surface area contributed by atoms with Gasteiger partial charge in [-0.15, -0.1) is 0 Å². The minimum Gasteiger partial charge on any atom is -0.481 e. The van der Waals surface area contributed by atoms with Crippen LogP contribution >= 0.6 is 0 Å². The number of rotatable bonds is 5. The van der Waals surface area contributed by atoms with E-state index in [1.807, 2.05) is 19.1 Å². The SMILES string of the molecule is Cc1ccc(N)c(C[C@@H](CC(=O)O)NC(=O)OC(C)(C)C)c1. The molecular formula is C16H24N2O4. The first-order chi connectivity index (χ1) is 10.1. The largest absolute Gasteiger partial charge is 0.481 e. The average molecular weight is 308 g/mol. The fourth-order valence-corrected chi connectivity index (χ4v) is 2.04. The molecule has 0 saturated carbocycles. The van der Waals surface area contributed by atoms with E-state index < -0.39 is 23.7 Å². The number of alkyl carbamates (subject to hydrolysis) is 1. The molecule has 122 valence electrons. The zero-order valence-corrected chi connectivity index (χ0v) is 13.5. The lowest BCUT2D eigenvalue weighted by molar-refractivity contribution is -0.137. The summed E-state index contributed by atoms with van der Waals surface area (Å²) >= 11 is 0. The highest BCUT2D eigenvalue weighted by atomic mass is 16.6. The van der Waals surface area contributed by atoms with Crippen molar-refractivity contribution in [2.45, 2.75) is 52.2 Å². The van der Waals surface area contributed by atoms with Crippen LogP contribution in [0.2, 0.25) is 0 Å². The predicted octanol–water partition coefficient (Wildman–Crippen LogP) is 2.49. The fourth-order valence-electron chi connectivity index (χ4n) is 2.04. The summed E-state index contributed by atoms with van der Waals surface area (Å²) in [7, 11) is 0. The zero-order chi connectivity index (χ0) is 16.9. The molecule has 0 unspecified atom stereocenters. The van der Waals surface area contributed by atoms with Gasteiger partial charge in [-0.3, -0.25) is 4.79 Å². The molecule has 0 heterocycles. The number of aryl methyl sites for hydroxylation is 1. The molecule has 0 radical (unpaired) electrons. The third-order valence-electron chi connectivity index (χ3n) is 2.91. The fraction of sp³-hybridized carbons (Fsp3) is 0.500. The molecule has 0 bridgehead atoms. The molecule has 1 aromatic carbocycles. The van der Waals surface area contributed by atoms with Gasteiger partial charge in [0.2, 0.25) is 0 Å². The van der Waals surface area contributed by atoms with Crippen molar-refractivity contribution in [1.82, 2.24) is 5.32 Å². The van der Waals surface area contributed by atoms with Crippen molar-refractivity contribution in [3.63, 3.8) is 0 Å². The molecule has 0 aliphatic heterocycles. The van der Waals surface area contributed by atoms with Crippen molar-refractivity contribution in [3.8, 4) is 0 Å². The molecular weight excluding hydrogens is 284 g/mol. The van der Waals surface area contributed by atoms with Crippen LogP contribution in [0, 0.1) is 6.92 Å². The maximum Gasteiger partial charge on any atom is 0.407 e. The number of benzene rings is 1. The second-order valence-corrected chi connectivity index (χ2v) is 6.35. The Morgan fingerprint density at radius 3 is 2.55 bits per heavy atom. The summed E-state index contributed by atoms with van der Waals surface area (Å²) in [5.41, 5.74) is 7.68. The van der Waals surface area contributed by atoms with Crippen LogP contribution in [0.15, 0.2) is 18.2 Å². The van der Waals surface area contributed by atoms with Crippen LogP contribution in [0.25, 0.3) is 0 Å². The smallest absolute Gasteiger partial charge is 0.407 e. The number of carbonyl (C=O) groups is 2. The number of hydrogen-bond donors (Lipinski definition) is 3. The van der Waals surface area contributed by atoms with Gasteiger partial charge >= 0.3 is 12.1 Å². The van der Waals surface area contributed by atoms with E-state index in [9.17, 15) is 9.59 Å². The van der Waals surface area contributed by atoms with Crippen LogP contribution in [-0.4, -0.2) is 28.8 Å². The van der Waals surface area contributed by atoms with Gasteiger partial charge in [0.05, 0.1) is 6.42 Å². The normalized spacial score (nSPS) is 12.5. The standard InChI is InChI=1S/C16H24N2O4/c1-10-5-6-13(17)11(7-10)8-12(9-14(19)20)18-15(21)22-16(2,3)4/h5-7,12H,8-9,17H2,1-4H3,(H,18,21)(H,19,20)/t12-/m0/s1. The van der Waals surface area contributed by atoms with E-state index in [1.54, 1.807) is 26.8 Å². The van der Waals surface area contributed by atoms with Gasteiger partial charge in [0, 0.05) is 11.7 Å². The topological polar surface area (TPSA) is 102 Å². The molecule has 1 rings (SSSR count). The second kappa shape index (κ2) is 7.15. The molecule has 1 atom stereocenters. The lowest BCUT2D eigenvalue weighted by Gasteiger charge is -2.23. The van der Waals surface area contributed by atoms with Crippen molar-refractivity contribution in [2.75, 3.05) is 5.73 Å². The Labute approximate surface area is 130 Å². The Kier molecular flexibility index (Phi) is 5.79. The highest BCUT2D eigenvalue weighted by molar-refractivity contribution is 5.71. The van der Waals surface area contributed by atoms with Crippen molar-refractivity contribution in [2.24, 2.45) is 0 Å². The summed E-state index contributed by atoms with van der Waals surface area (Å²) in [6, 6.07) is 4.96. The van der Waals surface area contributed by atoms with Crippen LogP contribution in [0.5, 0.6) is 0 Å². The first kappa shape index (κ1) is 17.8. The number of hydrogen-bond acceptors (Lipinski definition) is 4. The summed E-state index contributed by atoms with van der Waals surface area (Å²) in [4.78, 5) is 22.8. The monoisotopic (exact) mass is 308 g/mol. The number of nitrogen functional groups attached to an aromatic ring is 1. The van der Waals surface area contributed by atoms with Gasteiger partial charge in [0.15, 0.2) is 0 Å². The Morgan fingerprint density at radius 1 is 1.36 bits per heavy atom. The van der Waals surface area contributed by atoms with Gasteiger partial charge in [-0.2, -0.15) is 0 Å². The van der Waals surface area contributed by atoms with Crippen LogP contribution in [0.1, 0.15) is 38.3 Å². The predicted molar refractivity (Wildman–Crippen MR) is 84.7 cm³/mol. The number of amides is 1. The highest BCUT2D eigenvalue weighted by Gasteiger charge is 2.22. The van der Waals surface area contributed by atoms with Crippen molar-refractivity contribution in [3.05, 3.63) is 29.3 Å². The Bertz CT molecular complexity index is 550. The lowest BCUT2D eigenvalue weighted by Crippen LogP contribution is -2.41.